The van der Waals surface area contributed by atoms with E-state index in [4.69, 9.17) is 9.84 Å². The predicted molar refractivity (Wildman–Crippen MR) is 75.9 cm³/mol. The summed E-state index contributed by atoms with van der Waals surface area (Å²) in [5.74, 6) is -1.92. The highest BCUT2D eigenvalue weighted by atomic mass is 19.1. The number of carboxylic acids is 1. The Kier molecular flexibility index (Phi) is 4.00. The zero-order valence-corrected chi connectivity index (χ0v) is 12.0. The molecule has 1 aliphatic carbocycles. The molecule has 1 fully saturated rings. The van der Waals surface area contributed by atoms with Crippen LogP contribution in [0.5, 0.6) is 5.75 Å². The van der Waals surface area contributed by atoms with Gasteiger partial charge in [-0.1, -0.05) is 12.1 Å². The van der Waals surface area contributed by atoms with Gasteiger partial charge in [0.1, 0.15) is 0 Å². The Labute approximate surface area is 127 Å². The third kappa shape index (κ3) is 2.77. The number of halogens is 1. The highest BCUT2D eigenvalue weighted by Crippen LogP contribution is 2.36. The van der Waals surface area contributed by atoms with Crippen molar-refractivity contribution < 1.29 is 23.8 Å². The molecule has 0 bridgehead atoms. The summed E-state index contributed by atoms with van der Waals surface area (Å²) in [5.41, 5.74) is 0.646. The van der Waals surface area contributed by atoms with E-state index in [1.807, 2.05) is 0 Å². The van der Waals surface area contributed by atoms with Crippen LogP contribution in [-0.4, -0.2) is 23.6 Å². The average Bonchev–Trinajstić information content (AvgIpc) is 2.98. The third-order valence-corrected chi connectivity index (χ3v) is 4.49. The van der Waals surface area contributed by atoms with E-state index in [1.54, 1.807) is 12.1 Å². The standard InChI is InChI=1S/C16H18FNO4/c17-12-3-1-2-11-13(6-7-22-14(11)12)18-15(19)9-4-5-10(8-9)16(20)21/h1-3,9-10,13H,4-8H2,(H,18,19)(H,20,21)/t9-,10+,13-/m0/s1. The van der Waals surface area contributed by atoms with Crippen LogP contribution in [-0.2, 0) is 9.59 Å². The first-order chi connectivity index (χ1) is 10.6. The molecular weight excluding hydrogens is 289 g/mol. The maximum atomic E-state index is 13.7. The molecule has 0 saturated heterocycles. The fraction of sp³-hybridized carbons (Fsp3) is 0.500. The fourth-order valence-electron chi connectivity index (χ4n) is 3.27. The number of hydrogen-bond acceptors (Lipinski definition) is 3. The van der Waals surface area contributed by atoms with Gasteiger partial charge in [0.25, 0.3) is 0 Å². The van der Waals surface area contributed by atoms with Gasteiger partial charge in [0.15, 0.2) is 11.6 Å². The summed E-state index contributed by atoms with van der Waals surface area (Å²) >= 11 is 0. The lowest BCUT2D eigenvalue weighted by Gasteiger charge is -2.27. The maximum Gasteiger partial charge on any atom is 0.306 e. The molecule has 1 amide bonds. The average molecular weight is 307 g/mol. The number of benzene rings is 1. The lowest BCUT2D eigenvalue weighted by Crippen LogP contribution is -2.36. The van der Waals surface area contributed by atoms with Crippen LogP contribution < -0.4 is 10.1 Å². The Morgan fingerprint density at radius 1 is 1.23 bits per heavy atom. The van der Waals surface area contributed by atoms with Crippen LogP contribution in [0.4, 0.5) is 4.39 Å². The molecule has 0 radical (unpaired) electrons. The van der Waals surface area contributed by atoms with E-state index in [-0.39, 0.29) is 23.6 Å². The van der Waals surface area contributed by atoms with Crippen LogP contribution in [0.15, 0.2) is 18.2 Å². The molecule has 1 aromatic rings. The Hall–Kier alpha value is -2.11. The second-order valence-electron chi connectivity index (χ2n) is 5.90. The Morgan fingerprint density at radius 2 is 2.00 bits per heavy atom. The van der Waals surface area contributed by atoms with Gasteiger partial charge in [-0.15, -0.1) is 0 Å². The highest BCUT2D eigenvalue weighted by molar-refractivity contribution is 5.81. The zero-order valence-electron chi connectivity index (χ0n) is 12.0. The summed E-state index contributed by atoms with van der Waals surface area (Å²) in [6.07, 6.45) is 2.08. The zero-order chi connectivity index (χ0) is 15.7. The summed E-state index contributed by atoms with van der Waals surface area (Å²) in [5, 5.41) is 11.9. The van der Waals surface area contributed by atoms with E-state index in [1.165, 1.54) is 6.07 Å². The number of carbonyl (C=O) groups is 2. The van der Waals surface area contributed by atoms with Crippen molar-refractivity contribution in [2.75, 3.05) is 6.61 Å². The van der Waals surface area contributed by atoms with Gasteiger partial charge in [-0.3, -0.25) is 9.59 Å². The number of ether oxygens (including phenoxy) is 1. The van der Waals surface area contributed by atoms with Gasteiger partial charge in [-0.05, 0) is 25.3 Å². The molecule has 3 rings (SSSR count). The van der Waals surface area contributed by atoms with Crippen LogP contribution in [0.2, 0.25) is 0 Å². The predicted octanol–water partition coefficient (Wildman–Crippen LogP) is 2.27. The molecule has 22 heavy (non-hydrogen) atoms. The molecule has 2 N–H and O–H groups in total. The van der Waals surface area contributed by atoms with E-state index in [0.29, 0.717) is 37.9 Å². The van der Waals surface area contributed by atoms with Crippen molar-refractivity contribution in [2.24, 2.45) is 11.8 Å². The number of nitrogens with one attached hydrogen (secondary N) is 1. The first-order valence-electron chi connectivity index (χ1n) is 7.50. The fourth-order valence-corrected chi connectivity index (χ4v) is 3.27. The minimum Gasteiger partial charge on any atom is -0.490 e. The molecule has 5 nitrogen and oxygen atoms in total. The van der Waals surface area contributed by atoms with Crippen molar-refractivity contribution in [2.45, 2.75) is 31.7 Å². The number of carboxylic acid groups (broad SMARTS) is 1. The lowest BCUT2D eigenvalue weighted by atomic mass is 9.98. The van der Waals surface area contributed by atoms with Gasteiger partial charge in [-0.25, -0.2) is 4.39 Å². The molecule has 1 saturated carbocycles. The van der Waals surface area contributed by atoms with Crippen molar-refractivity contribution in [3.8, 4) is 5.75 Å². The number of aliphatic carboxylic acids is 1. The molecule has 1 aliphatic heterocycles. The van der Waals surface area contributed by atoms with Gasteiger partial charge >= 0.3 is 5.97 Å². The van der Waals surface area contributed by atoms with Crippen LogP contribution in [0.25, 0.3) is 0 Å². The van der Waals surface area contributed by atoms with Crippen molar-refractivity contribution >= 4 is 11.9 Å². The summed E-state index contributed by atoms with van der Waals surface area (Å²) in [6, 6.07) is 4.39. The van der Waals surface area contributed by atoms with Crippen molar-refractivity contribution in [3.05, 3.63) is 29.6 Å². The third-order valence-electron chi connectivity index (χ3n) is 4.49. The smallest absolute Gasteiger partial charge is 0.306 e. The first kappa shape index (κ1) is 14.8. The number of amides is 1. The van der Waals surface area contributed by atoms with Crippen LogP contribution in [0, 0.1) is 17.7 Å². The normalized spacial score (nSPS) is 26.9. The minimum atomic E-state index is -0.839. The molecule has 0 unspecified atom stereocenters. The Bertz CT molecular complexity index is 604. The van der Waals surface area contributed by atoms with E-state index in [0.717, 1.165) is 0 Å². The Balaban J connectivity index is 1.69. The topological polar surface area (TPSA) is 75.6 Å². The van der Waals surface area contributed by atoms with Gasteiger partial charge in [-0.2, -0.15) is 0 Å². The molecule has 118 valence electrons. The molecule has 0 spiro atoms. The summed E-state index contributed by atoms with van der Waals surface area (Å²) in [6.45, 7) is 0.349. The largest absolute Gasteiger partial charge is 0.490 e. The van der Waals surface area contributed by atoms with Gasteiger partial charge in [0.05, 0.1) is 18.6 Å². The first-order valence-corrected chi connectivity index (χ1v) is 7.50. The molecule has 0 aromatic heterocycles. The molecule has 1 heterocycles. The van der Waals surface area contributed by atoms with Crippen molar-refractivity contribution in [1.82, 2.24) is 5.32 Å². The second-order valence-corrected chi connectivity index (χ2v) is 5.90. The number of hydrogen-bond donors (Lipinski definition) is 2. The van der Waals surface area contributed by atoms with Crippen LogP contribution in [0.3, 0.4) is 0 Å². The quantitative estimate of drug-likeness (QED) is 0.898. The summed E-state index contributed by atoms with van der Waals surface area (Å²) < 4.78 is 19.1. The lowest BCUT2D eigenvalue weighted by molar-refractivity contribution is -0.141. The summed E-state index contributed by atoms with van der Waals surface area (Å²) in [7, 11) is 0. The molecule has 1 aromatic carbocycles. The molecule has 3 atom stereocenters. The van der Waals surface area contributed by atoms with Crippen molar-refractivity contribution in [1.29, 1.82) is 0 Å². The second kappa shape index (κ2) is 5.94. The van der Waals surface area contributed by atoms with Crippen molar-refractivity contribution in [3.63, 3.8) is 0 Å². The number of rotatable bonds is 3. The molecule has 2 aliphatic rings. The number of fused-ring (bicyclic) bond motifs is 1. The van der Waals surface area contributed by atoms with E-state index >= 15 is 0 Å². The monoisotopic (exact) mass is 307 g/mol. The van der Waals surface area contributed by atoms with E-state index in [2.05, 4.69) is 5.32 Å². The number of para-hydroxylation sites is 1. The molecule has 6 heteroatoms. The summed E-state index contributed by atoms with van der Waals surface area (Å²) in [4.78, 5) is 23.3. The van der Waals surface area contributed by atoms with Gasteiger partial charge in [0, 0.05) is 17.9 Å². The molecular formula is C16H18FNO4. The van der Waals surface area contributed by atoms with E-state index in [9.17, 15) is 14.0 Å². The van der Waals surface area contributed by atoms with Gasteiger partial charge < -0.3 is 15.2 Å². The van der Waals surface area contributed by atoms with Crippen LogP contribution >= 0.6 is 0 Å². The SMILES string of the molecule is O=C(O)[C@@H]1CC[C@H](C(=O)N[C@H]2CCOc3c(F)cccc32)C1. The van der Waals surface area contributed by atoms with E-state index < -0.39 is 17.7 Å². The Morgan fingerprint density at radius 3 is 2.73 bits per heavy atom. The van der Waals surface area contributed by atoms with Crippen LogP contribution in [0.1, 0.15) is 37.3 Å². The maximum absolute atomic E-state index is 13.7. The minimum absolute atomic E-state index is 0.147. The van der Waals surface area contributed by atoms with Gasteiger partial charge in [0.2, 0.25) is 5.91 Å². The highest BCUT2D eigenvalue weighted by Gasteiger charge is 2.35. The number of carbonyl (C=O) groups excluding carboxylic acids is 1.